The summed E-state index contributed by atoms with van der Waals surface area (Å²) in [4.78, 5) is 2.20. The van der Waals surface area contributed by atoms with Crippen molar-refractivity contribution >= 4 is 34.3 Å². The van der Waals surface area contributed by atoms with Crippen molar-refractivity contribution in [3.63, 3.8) is 0 Å². The third-order valence-corrected chi connectivity index (χ3v) is 5.83. The van der Waals surface area contributed by atoms with E-state index < -0.39 is 0 Å². The maximum Gasteiger partial charge on any atom is 0.122 e. The van der Waals surface area contributed by atoms with Gasteiger partial charge in [0, 0.05) is 35.1 Å². The maximum atomic E-state index is 7.44. The highest BCUT2D eigenvalue weighted by Gasteiger charge is 2.26. The quantitative estimate of drug-likeness (QED) is 0.159. The minimum atomic E-state index is 0.0172. The number of anilines is 2. The van der Waals surface area contributed by atoms with Crippen LogP contribution in [-0.2, 0) is 0 Å². The number of allylic oxidation sites excluding steroid dienone is 5. The van der Waals surface area contributed by atoms with E-state index in [9.17, 15) is 0 Å². The van der Waals surface area contributed by atoms with Crippen LogP contribution in [0.2, 0.25) is 0 Å². The van der Waals surface area contributed by atoms with Crippen LogP contribution < -0.4 is 16.4 Å². The zero-order chi connectivity index (χ0) is 23.7. The molecule has 1 aliphatic heterocycles. The van der Waals surface area contributed by atoms with Crippen LogP contribution >= 0.6 is 0 Å². The van der Waals surface area contributed by atoms with Crippen LogP contribution in [0.4, 0.5) is 17.1 Å². The van der Waals surface area contributed by atoms with Crippen molar-refractivity contribution < 1.29 is 0 Å². The van der Waals surface area contributed by atoms with E-state index in [2.05, 4.69) is 57.7 Å². The molecule has 0 unspecified atom stereocenters. The summed E-state index contributed by atoms with van der Waals surface area (Å²) in [6, 6.07) is 21.4. The molecule has 7 heteroatoms. The Bertz CT molecular complexity index is 1420. The monoisotopic (exact) mass is 445 g/mol. The lowest BCUT2D eigenvalue weighted by Gasteiger charge is -2.33. The number of para-hydroxylation sites is 1. The molecule has 3 aromatic rings. The lowest BCUT2D eigenvalue weighted by molar-refractivity contribution is 1.06. The Morgan fingerprint density at radius 2 is 1.59 bits per heavy atom. The lowest BCUT2D eigenvalue weighted by atomic mass is 9.88. The van der Waals surface area contributed by atoms with Crippen LogP contribution in [0.5, 0.6) is 0 Å². The molecule has 0 fully saturated rings. The van der Waals surface area contributed by atoms with E-state index in [0.29, 0.717) is 17.0 Å². The molecular weight excluding hydrogens is 422 g/mol. The van der Waals surface area contributed by atoms with Gasteiger partial charge in [-0.25, -0.2) is 0 Å². The second-order valence-electron chi connectivity index (χ2n) is 8.03. The van der Waals surface area contributed by atoms with Gasteiger partial charge in [0.25, 0.3) is 0 Å². The van der Waals surface area contributed by atoms with Gasteiger partial charge in [-0.15, -0.1) is 10.2 Å². The van der Waals surface area contributed by atoms with Gasteiger partial charge in [-0.2, -0.15) is 0 Å². The molecular formula is C27H23N7. The molecule has 0 amide bonds. The number of nitrogens with zero attached hydrogens (tertiary/aromatic N) is 4. The standard InChI is InChI=1S/C27H23N7/c1-34-25-5-3-2-4-23(25)22-15-10-19(28)16-24(22)26(34)17-6-11-20(12-7-17)31-33-32-21-13-8-18(9-14-21)27(29)30/h2-16H,28H2,1H3,(H3,29,30). The number of rotatable bonds is 3. The maximum absolute atomic E-state index is 7.44. The summed E-state index contributed by atoms with van der Waals surface area (Å²) in [6.45, 7) is 0. The Morgan fingerprint density at radius 3 is 2.32 bits per heavy atom. The summed E-state index contributed by atoms with van der Waals surface area (Å²) in [5.41, 5.74) is 21.1. The van der Waals surface area contributed by atoms with Gasteiger partial charge >= 0.3 is 0 Å². The lowest BCUT2D eigenvalue weighted by Crippen LogP contribution is -2.22. The number of amidine groups is 1. The van der Waals surface area contributed by atoms with Crippen molar-refractivity contribution in [3.05, 3.63) is 108 Å². The zero-order valence-corrected chi connectivity index (χ0v) is 18.6. The van der Waals surface area contributed by atoms with Gasteiger partial charge in [0.1, 0.15) is 5.84 Å². The van der Waals surface area contributed by atoms with E-state index in [-0.39, 0.29) is 5.84 Å². The Kier molecular flexibility index (Phi) is 5.35. The average molecular weight is 446 g/mol. The highest BCUT2D eigenvalue weighted by Crippen LogP contribution is 2.45. The van der Waals surface area contributed by atoms with Crippen LogP contribution in [0.15, 0.2) is 112 Å². The third-order valence-electron chi connectivity index (χ3n) is 5.83. The third kappa shape index (κ3) is 3.91. The first-order valence-corrected chi connectivity index (χ1v) is 10.8. The summed E-state index contributed by atoms with van der Waals surface area (Å²) >= 11 is 0. The first kappa shape index (κ1) is 21.1. The summed E-state index contributed by atoms with van der Waals surface area (Å²) < 4.78 is 0. The van der Waals surface area contributed by atoms with E-state index in [4.69, 9.17) is 16.9 Å². The Labute approximate surface area is 197 Å². The van der Waals surface area contributed by atoms with Crippen molar-refractivity contribution in [3.8, 4) is 11.1 Å². The van der Waals surface area contributed by atoms with Gasteiger partial charge in [0.2, 0.25) is 0 Å². The molecule has 5 rings (SSSR count). The minimum absolute atomic E-state index is 0.0172. The molecule has 2 aliphatic rings. The molecule has 0 spiro atoms. The topological polar surface area (TPSA) is 116 Å². The molecule has 1 aliphatic carbocycles. The summed E-state index contributed by atoms with van der Waals surface area (Å²) in [5.74, 6) is 0.0172. The Morgan fingerprint density at radius 1 is 0.853 bits per heavy atom. The molecule has 5 N–H and O–H groups in total. The van der Waals surface area contributed by atoms with Crippen molar-refractivity contribution in [2.24, 2.45) is 21.2 Å². The Hall–Kier alpha value is -4.78. The van der Waals surface area contributed by atoms with Gasteiger partial charge < -0.3 is 16.4 Å². The van der Waals surface area contributed by atoms with Crippen molar-refractivity contribution in [2.45, 2.75) is 0 Å². The smallest absolute Gasteiger partial charge is 0.122 e. The minimum Gasteiger partial charge on any atom is -0.399 e. The number of hydrogen-bond acceptors (Lipinski definition) is 5. The highest BCUT2D eigenvalue weighted by molar-refractivity contribution is 6.08. The van der Waals surface area contributed by atoms with Gasteiger partial charge in [0.15, 0.2) is 0 Å². The molecule has 0 aromatic heterocycles. The predicted octanol–water partition coefficient (Wildman–Crippen LogP) is 5.65. The molecule has 0 atom stereocenters. The van der Waals surface area contributed by atoms with E-state index >= 15 is 0 Å². The number of nitrogen functional groups attached to an aromatic ring is 2. The second-order valence-corrected chi connectivity index (χ2v) is 8.03. The molecule has 0 bridgehead atoms. The van der Waals surface area contributed by atoms with E-state index in [0.717, 1.165) is 33.8 Å². The number of hydrogen-bond donors (Lipinski definition) is 3. The van der Waals surface area contributed by atoms with Crippen LogP contribution in [0, 0.1) is 5.41 Å². The largest absolute Gasteiger partial charge is 0.399 e. The number of benzene rings is 3. The number of nitrogens with two attached hydrogens (primary N) is 2. The molecule has 3 aromatic carbocycles. The zero-order valence-electron chi connectivity index (χ0n) is 18.6. The van der Waals surface area contributed by atoms with Gasteiger partial charge in [-0.3, -0.25) is 5.41 Å². The van der Waals surface area contributed by atoms with Gasteiger partial charge in [-0.1, -0.05) is 36.4 Å². The fourth-order valence-corrected chi connectivity index (χ4v) is 4.16. The van der Waals surface area contributed by atoms with Crippen LogP contribution in [0.25, 0.3) is 16.8 Å². The van der Waals surface area contributed by atoms with E-state index in [1.165, 1.54) is 5.56 Å². The molecule has 1 heterocycles. The molecule has 0 saturated carbocycles. The molecule has 34 heavy (non-hydrogen) atoms. The average Bonchev–Trinajstić information content (AvgIpc) is 2.85. The molecule has 7 nitrogen and oxygen atoms in total. The summed E-state index contributed by atoms with van der Waals surface area (Å²) in [5, 5.41) is 19.7. The van der Waals surface area contributed by atoms with Crippen molar-refractivity contribution in [1.82, 2.24) is 0 Å². The highest BCUT2D eigenvalue weighted by atomic mass is 15.4. The van der Waals surface area contributed by atoms with Crippen molar-refractivity contribution in [2.75, 3.05) is 17.7 Å². The van der Waals surface area contributed by atoms with Crippen molar-refractivity contribution in [1.29, 1.82) is 5.41 Å². The molecule has 166 valence electrons. The van der Waals surface area contributed by atoms with Gasteiger partial charge in [-0.05, 0) is 71.0 Å². The fraction of sp³-hybridized carbons (Fsp3) is 0.0370. The first-order chi connectivity index (χ1) is 16.5. The molecule has 0 saturated heterocycles. The first-order valence-electron chi connectivity index (χ1n) is 10.8. The van der Waals surface area contributed by atoms with E-state index in [1.54, 1.807) is 24.3 Å². The number of nitrogens with one attached hydrogen (secondary N) is 1. The van der Waals surface area contributed by atoms with Crippen LogP contribution in [0.3, 0.4) is 0 Å². The molecule has 0 radical (unpaired) electrons. The fourth-order valence-electron chi connectivity index (χ4n) is 4.16. The second kappa shape index (κ2) is 8.63. The Balaban J connectivity index is 1.44. The van der Waals surface area contributed by atoms with E-state index in [1.807, 2.05) is 36.4 Å². The normalized spacial score (nSPS) is 14.4. The summed E-state index contributed by atoms with van der Waals surface area (Å²) in [6.07, 6.45) is 7.90. The number of fused-ring (bicyclic) bond motifs is 3. The SMILES string of the molecule is CN1C(=C2C=CC(=NN=Nc3ccc(C(=N)N)cc3)C=C2)c2cc(N)ccc2-c2ccccc21. The summed E-state index contributed by atoms with van der Waals surface area (Å²) in [7, 11) is 2.07. The van der Waals surface area contributed by atoms with Crippen LogP contribution in [0.1, 0.15) is 11.1 Å². The van der Waals surface area contributed by atoms with Crippen LogP contribution in [-0.4, -0.2) is 18.6 Å². The van der Waals surface area contributed by atoms with Gasteiger partial charge in [0.05, 0.1) is 17.1 Å². The predicted molar refractivity (Wildman–Crippen MR) is 139 cm³/mol.